The van der Waals surface area contributed by atoms with Crippen molar-refractivity contribution >= 4 is 17.5 Å². The van der Waals surface area contributed by atoms with E-state index in [0.29, 0.717) is 23.4 Å². The van der Waals surface area contributed by atoms with Crippen LogP contribution < -0.4 is 10.6 Å². The van der Waals surface area contributed by atoms with Crippen molar-refractivity contribution in [3.63, 3.8) is 0 Å². The zero-order valence-electron chi connectivity index (χ0n) is 11.5. The summed E-state index contributed by atoms with van der Waals surface area (Å²) in [6, 6.07) is 11.8. The van der Waals surface area contributed by atoms with Crippen LogP contribution in [0.4, 0.5) is 10.1 Å². The first-order valence-corrected chi connectivity index (χ1v) is 6.55. The maximum Gasteiger partial charge on any atom is 0.255 e. The molecule has 2 amide bonds. The Morgan fingerprint density at radius 1 is 0.905 bits per heavy atom. The maximum absolute atomic E-state index is 12.8. The van der Waals surface area contributed by atoms with Crippen molar-refractivity contribution < 1.29 is 14.0 Å². The van der Waals surface area contributed by atoms with Gasteiger partial charge >= 0.3 is 0 Å². The Bertz CT molecular complexity index is 636. The van der Waals surface area contributed by atoms with Crippen molar-refractivity contribution in [3.05, 3.63) is 65.5 Å². The lowest BCUT2D eigenvalue weighted by molar-refractivity contribution is 0.0955. The van der Waals surface area contributed by atoms with Crippen LogP contribution in [0, 0.1) is 5.82 Å². The van der Waals surface area contributed by atoms with Crippen molar-refractivity contribution in [1.82, 2.24) is 5.32 Å². The molecule has 5 heteroatoms. The van der Waals surface area contributed by atoms with Gasteiger partial charge in [-0.1, -0.05) is 0 Å². The van der Waals surface area contributed by atoms with Crippen LogP contribution in [0.5, 0.6) is 0 Å². The molecule has 108 valence electrons. The number of carbonyl (C=O) groups excluding carboxylic acids is 2. The molecule has 0 saturated heterocycles. The summed E-state index contributed by atoms with van der Waals surface area (Å²) in [5.74, 6) is -0.882. The average molecular weight is 286 g/mol. The number of hydrogen-bond acceptors (Lipinski definition) is 2. The molecule has 0 heterocycles. The second-order valence-corrected chi connectivity index (χ2v) is 4.40. The summed E-state index contributed by atoms with van der Waals surface area (Å²) in [6.07, 6.45) is 0. The average Bonchev–Trinajstić information content (AvgIpc) is 2.49. The van der Waals surface area contributed by atoms with Gasteiger partial charge in [0.2, 0.25) is 0 Å². The molecule has 2 rings (SSSR count). The van der Waals surface area contributed by atoms with Crippen molar-refractivity contribution in [2.75, 3.05) is 11.9 Å². The molecule has 2 aromatic rings. The molecule has 0 aliphatic carbocycles. The lowest BCUT2D eigenvalue weighted by atomic mass is 10.1. The molecular weight excluding hydrogens is 271 g/mol. The Kier molecular flexibility index (Phi) is 4.66. The number of amides is 2. The summed E-state index contributed by atoms with van der Waals surface area (Å²) in [7, 11) is 0. The summed E-state index contributed by atoms with van der Waals surface area (Å²) in [6.45, 7) is 2.40. The van der Waals surface area contributed by atoms with Crippen LogP contribution >= 0.6 is 0 Å². The van der Waals surface area contributed by atoms with Gasteiger partial charge in [0.05, 0.1) is 0 Å². The number of hydrogen-bond donors (Lipinski definition) is 2. The van der Waals surface area contributed by atoms with Gasteiger partial charge in [-0.2, -0.15) is 0 Å². The zero-order chi connectivity index (χ0) is 15.2. The molecule has 0 radical (unpaired) electrons. The normalized spacial score (nSPS) is 10.0. The van der Waals surface area contributed by atoms with Gasteiger partial charge in [-0.05, 0) is 55.5 Å². The standard InChI is InChI=1S/C16H15FN2O2/c1-2-18-15(20)11-5-9-14(10-6-11)19-16(21)12-3-7-13(17)8-4-12/h3-10H,2H2,1H3,(H,18,20)(H,19,21). The highest BCUT2D eigenvalue weighted by Gasteiger charge is 2.07. The van der Waals surface area contributed by atoms with Gasteiger partial charge in [0.25, 0.3) is 11.8 Å². The van der Waals surface area contributed by atoms with E-state index in [4.69, 9.17) is 0 Å². The molecule has 2 aromatic carbocycles. The van der Waals surface area contributed by atoms with Gasteiger partial charge in [0.1, 0.15) is 5.82 Å². The SMILES string of the molecule is CCNC(=O)c1ccc(NC(=O)c2ccc(F)cc2)cc1. The molecule has 0 aromatic heterocycles. The molecule has 0 aliphatic heterocycles. The van der Waals surface area contributed by atoms with Gasteiger partial charge in [0, 0.05) is 23.4 Å². The van der Waals surface area contributed by atoms with E-state index >= 15 is 0 Å². The number of halogens is 1. The highest BCUT2D eigenvalue weighted by Crippen LogP contribution is 2.12. The highest BCUT2D eigenvalue weighted by atomic mass is 19.1. The molecule has 0 aliphatic rings. The summed E-state index contributed by atoms with van der Waals surface area (Å²) >= 11 is 0. The Balaban J connectivity index is 2.04. The van der Waals surface area contributed by atoms with E-state index in [1.54, 1.807) is 24.3 Å². The van der Waals surface area contributed by atoms with Crippen LogP contribution in [0.15, 0.2) is 48.5 Å². The van der Waals surface area contributed by atoms with Gasteiger partial charge in [-0.25, -0.2) is 4.39 Å². The molecule has 0 fully saturated rings. The Labute approximate surface area is 122 Å². The van der Waals surface area contributed by atoms with Gasteiger partial charge in [0.15, 0.2) is 0 Å². The van der Waals surface area contributed by atoms with E-state index in [9.17, 15) is 14.0 Å². The molecular formula is C16H15FN2O2. The van der Waals surface area contributed by atoms with Crippen LogP contribution in [0.25, 0.3) is 0 Å². The lowest BCUT2D eigenvalue weighted by Crippen LogP contribution is -2.22. The first kappa shape index (κ1) is 14.7. The van der Waals surface area contributed by atoms with Gasteiger partial charge in [-0.15, -0.1) is 0 Å². The predicted molar refractivity (Wildman–Crippen MR) is 78.8 cm³/mol. The quantitative estimate of drug-likeness (QED) is 0.908. The maximum atomic E-state index is 12.8. The number of rotatable bonds is 4. The van der Waals surface area contributed by atoms with Crippen LogP contribution in [-0.4, -0.2) is 18.4 Å². The molecule has 0 atom stereocenters. The molecule has 21 heavy (non-hydrogen) atoms. The van der Waals surface area contributed by atoms with Crippen molar-refractivity contribution in [1.29, 1.82) is 0 Å². The number of carbonyl (C=O) groups is 2. The molecule has 0 bridgehead atoms. The molecule has 0 spiro atoms. The predicted octanol–water partition coefficient (Wildman–Crippen LogP) is 2.83. The molecule has 0 saturated carbocycles. The summed E-state index contributed by atoms with van der Waals surface area (Å²) < 4.78 is 12.8. The third-order valence-corrected chi connectivity index (χ3v) is 2.85. The number of nitrogens with one attached hydrogen (secondary N) is 2. The van der Waals surface area contributed by atoms with E-state index in [1.165, 1.54) is 24.3 Å². The summed E-state index contributed by atoms with van der Waals surface area (Å²) in [5.41, 5.74) is 1.46. The van der Waals surface area contributed by atoms with E-state index in [2.05, 4.69) is 10.6 Å². The third-order valence-electron chi connectivity index (χ3n) is 2.85. The van der Waals surface area contributed by atoms with Crippen molar-refractivity contribution in [2.24, 2.45) is 0 Å². The van der Waals surface area contributed by atoms with E-state index < -0.39 is 5.82 Å². The van der Waals surface area contributed by atoms with E-state index in [0.717, 1.165) is 0 Å². The topological polar surface area (TPSA) is 58.2 Å². The van der Waals surface area contributed by atoms with E-state index in [-0.39, 0.29) is 11.8 Å². The molecule has 2 N–H and O–H groups in total. The monoisotopic (exact) mass is 286 g/mol. The first-order valence-electron chi connectivity index (χ1n) is 6.55. The van der Waals surface area contributed by atoms with Gasteiger partial charge < -0.3 is 10.6 Å². The summed E-state index contributed by atoms with van der Waals surface area (Å²) in [4.78, 5) is 23.5. The largest absolute Gasteiger partial charge is 0.352 e. The Morgan fingerprint density at radius 3 is 2.00 bits per heavy atom. The zero-order valence-corrected chi connectivity index (χ0v) is 11.5. The minimum atomic E-state index is -0.391. The van der Waals surface area contributed by atoms with Crippen LogP contribution in [0.1, 0.15) is 27.6 Å². The Morgan fingerprint density at radius 2 is 1.43 bits per heavy atom. The molecule has 0 unspecified atom stereocenters. The smallest absolute Gasteiger partial charge is 0.255 e. The summed E-state index contributed by atoms with van der Waals surface area (Å²) in [5, 5.41) is 5.37. The number of benzene rings is 2. The van der Waals surface area contributed by atoms with Crippen LogP contribution in [0.2, 0.25) is 0 Å². The third kappa shape index (κ3) is 3.89. The van der Waals surface area contributed by atoms with E-state index in [1.807, 2.05) is 6.92 Å². The second kappa shape index (κ2) is 6.65. The van der Waals surface area contributed by atoms with Gasteiger partial charge in [-0.3, -0.25) is 9.59 Å². The minimum absolute atomic E-state index is 0.158. The van der Waals surface area contributed by atoms with Crippen LogP contribution in [0.3, 0.4) is 0 Å². The minimum Gasteiger partial charge on any atom is -0.352 e. The highest BCUT2D eigenvalue weighted by molar-refractivity contribution is 6.04. The fraction of sp³-hybridized carbons (Fsp3) is 0.125. The molecule has 4 nitrogen and oxygen atoms in total. The fourth-order valence-electron chi connectivity index (χ4n) is 1.77. The first-order chi connectivity index (χ1) is 10.1. The number of anilines is 1. The Hall–Kier alpha value is -2.69. The second-order valence-electron chi connectivity index (χ2n) is 4.40. The van der Waals surface area contributed by atoms with Crippen LogP contribution in [-0.2, 0) is 0 Å². The fourth-order valence-corrected chi connectivity index (χ4v) is 1.77. The van der Waals surface area contributed by atoms with Crippen molar-refractivity contribution in [2.45, 2.75) is 6.92 Å². The van der Waals surface area contributed by atoms with Crippen molar-refractivity contribution in [3.8, 4) is 0 Å². The lowest BCUT2D eigenvalue weighted by Gasteiger charge is -2.07.